The largest absolute Gasteiger partial charge is 0.478 e. The standard InChI is InChI=1S/C43H33NO2/c1-43(2)35-15-6-5-14-31(35)32-19-18-29(24-36(32)43)26-12-9-13-30(22-26)44-37-25-28-11-4-3-10-27(28)23-34(37)33-20-21-40-42(41(33)44)46-39-17-8-7-16-38(39)45-40/h3-8,10-11,13-25,40,42H,9,12H2,1-2H3. The Balaban J connectivity index is 1.15. The van der Waals surface area contributed by atoms with Crippen LogP contribution in [0.1, 0.15) is 60.7 Å². The highest BCUT2D eigenvalue weighted by Gasteiger charge is 2.39. The molecule has 1 aromatic heterocycles. The van der Waals surface area contributed by atoms with Crippen molar-refractivity contribution >= 4 is 39.0 Å². The molecule has 3 nitrogen and oxygen atoms in total. The van der Waals surface area contributed by atoms with Crippen molar-refractivity contribution in [2.45, 2.75) is 44.3 Å². The molecule has 0 spiro atoms. The lowest BCUT2D eigenvalue weighted by Gasteiger charge is -2.35. The van der Waals surface area contributed by atoms with Crippen LogP contribution in [0, 0.1) is 0 Å². The zero-order valence-corrected chi connectivity index (χ0v) is 26.0. The first-order chi connectivity index (χ1) is 22.5. The highest BCUT2D eigenvalue weighted by atomic mass is 16.6. The van der Waals surface area contributed by atoms with Gasteiger partial charge in [0, 0.05) is 22.1 Å². The van der Waals surface area contributed by atoms with Gasteiger partial charge in [-0.1, -0.05) is 98.8 Å². The van der Waals surface area contributed by atoms with E-state index in [1.54, 1.807) is 0 Å². The van der Waals surface area contributed by atoms with Crippen molar-refractivity contribution in [3.05, 3.63) is 149 Å². The second-order valence-corrected chi connectivity index (χ2v) is 13.5. The fourth-order valence-electron chi connectivity index (χ4n) is 8.32. The molecule has 10 rings (SSSR count). The van der Waals surface area contributed by atoms with Gasteiger partial charge in [-0.25, -0.2) is 0 Å². The Morgan fingerprint density at radius 2 is 1.48 bits per heavy atom. The topological polar surface area (TPSA) is 23.4 Å². The quantitative estimate of drug-likeness (QED) is 0.199. The van der Waals surface area contributed by atoms with Crippen molar-refractivity contribution in [3.63, 3.8) is 0 Å². The molecule has 6 aromatic rings. The van der Waals surface area contributed by atoms with E-state index in [2.05, 4.69) is 122 Å². The van der Waals surface area contributed by atoms with E-state index in [0.29, 0.717) is 0 Å². The molecule has 0 N–H and O–H groups in total. The molecule has 0 bridgehead atoms. The summed E-state index contributed by atoms with van der Waals surface area (Å²) in [6.07, 6.45) is 10.8. The van der Waals surface area contributed by atoms with Gasteiger partial charge in [0.2, 0.25) is 0 Å². The van der Waals surface area contributed by atoms with Crippen LogP contribution in [0.5, 0.6) is 11.5 Å². The summed E-state index contributed by atoms with van der Waals surface area (Å²) in [4.78, 5) is 0. The van der Waals surface area contributed by atoms with E-state index in [9.17, 15) is 0 Å². The van der Waals surface area contributed by atoms with E-state index in [0.717, 1.165) is 30.0 Å². The minimum absolute atomic E-state index is 0.0252. The van der Waals surface area contributed by atoms with Crippen LogP contribution in [0.3, 0.4) is 0 Å². The van der Waals surface area contributed by atoms with Gasteiger partial charge >= 0.3 is 0 Å². The van der Waals surface area contributed by atoms with Crippen molar-refractivity contribution in [2.24, 2.45) is 0 Å². The first-order valence-electron chi connectivity index (χ1n) is 16.4. The van der Waals surface area contributed by atoms with Crippen LogP contribution in [0.25, 0.3) is 50.1 Å². The predicted octanol–water partition coefficient (Wildman–Crippen LogP) is 10.7. The van der Waals surface area contributed by atoms with Crippen LogP contribution in [0.4, 0.5) is 0 Å². The second-order valence-electron chi connectivity index (χ2n) is 13.5. The van der Waals surface area contributed by atoms with Crippen LogP contribution in [0.15, 0.2) is 121 Å². The summed E-state index contributed by atoms with van der Waals surface area (Å²) < 4.78 is 15.8. The molecule has 222 valence electrons. The Hall–Kier alpha value is -5.28. The molecule has 3 aliphatic carbocycles. The third-order valence-electron chi connectivity index (χ3n) is 10.6. The Morgan fingerprint density at radius 1 is 0.739 bits per heavy atom. The number of fused-ring (bicyclic) bond motifs is 10. The maximum atomic E-state index is 6.79. The Kier molecular flexibility index (Phi) is 5.29. The van der Waals surface area contributed by atoms with E-state index in [1.165, 1.54) is 66.3 Å². The molecule has 4 aliphatic rings. The number of hydrogen-bond acceptors (Lipinski definition) is 2. The highest BCUT2D eigenvalue weighted by molar-refractivity contribution is 6.04. The summed E-state index contributed by atoms with van der Waals surface area (Å²) in [5.41, 5.74) is 13.0. The fraction of sp³-hybridized carbons (Fsp3) is 0.163. The number of rotatable bonds is 2. The Labute approximate surface area is 268 Å². The van der Waals surface area contributed by atoms with E-state index in [-0.39, 0.29) is 17.6 Å². The first-order valence-corrected chi connectivity index (χ1v) is 16.4. The Bertz CT molecular complexity index is 2360. The van der Waals surface area contributed by atoms with Gasteiger partial charge in [0.05, 0.1) is 11.2 Å². The number of allylic oxidation sites excluding steroid dienone is 4. The molecule has 0 radical (unpaired) electrons. The van der Waals surface area contributed by atoms with E-state index in [4.69, 9.17) is 9.47 Å². The molecule has 2 heterocycles. The summed E-state index contributed by atoms with van der Waals surface area (Å²) in [6.45, 7) is 4.72. The summed E-state index contributed by atoms with van der Waals surface area (Å²) in [7, 11) is 0. The summed E-state index contributed by atoms with van der Waals surface area (Å²) >= 11 is 0. The van der Waals surface area contributed by atoms with Gasteiger partial charge in [-0.3, -0.25) is 0 Å². The number of hydrogen-bond donors (Lipinski definition) is 0. The lowest BCUT2D eigenvalue weighted by molar-refractivity contribution is 0.0427. The highest BCUT2D eigenvalue weighted by Crippen LogP contribution is 2.50. The fourth-order valence-corrected chi connectivity index (χ4v) is 8.32. The Morgan fingerprint density at radius 3 is 2.35 bits per heavy atom. The zero-order chi connectivity index (χ0) is 30.6. The van der Waals surface area contributed by atoms with Gasteiger partial charge in [-0.15, -0.1) is 0 Å². The normalized spacial score (nSPS) is 20.0. The molecule has 0 saturated heterocycles. The molecule has 0 saturated carbocycles. The third kappa shape index (κ3) is 3.60. The van der Waals surface area contributed by atoms with E-state index in [1.807, 2.05) is 24.3 Å². The van der Waals surface area contributed by atoms with Crippen molar-refractivity contribution < 1.29 is 9.47 Å². The molecule has 1 aliphatic heterocycles. The molecular formula is C43H33NO2. The average Bonchev–Trinajstić information content (AvgIpc) is 3.54. The van der Waals surface area contributed by atoms with Gasteiger partial charge in [-0.05, 0) is 99.5 Å². The minimum Gasteiger partial charge on any atom is -0.478 e. The molecule has 5 aromatic carbocycles. The van der Waals surface area contributed by atoms with E-state index < -0.39 is 0 Å². The predicted molar refractivity (Wildman–Crippen MR) is 188 cm³/mol. The van der Waals surface area contributed by atoms with Gasteiger partial charge in [0.15, 0.2) is 23.7 Å². The number of ether oxygens (including phenoxy) is 2. The number of benzene rings is 5. The van der Waals surface area contributed by atoms with Gasteiger partial charge in [0.25, 0.3) is 0 Å². The summed E-state index contributed by atoms with van der Waals surface area (Å²) in [6, 6.07) is 37.4. The van der Waals surface area contributed by atoms with E-state index >= 15 is 0 Å². The third-order valence-corrected chi connectivity index (χ3v) is 10.6. The van der Waals surface area contributed by atoms with Crippen LogP contribution >= 0.6 is 0 Å². The van der Waals surface area contributed by atoms with Crippen LogP contribution in [0.2, 0.25) is 0 Å². The lowest BCUT2D eigenvalue weighted by atomic mass is 9.81. The van der Waals surface area contributed by atoms with Crippen LogP contribution in [-0.4, -0.2) is 10.7 Å². The molecule has 0 amide bonds. The molecule has 0 fully saturated rings. The van der Waals surface area contributed by atoms with Crippen LogP contribution < -0.4 is 9.47 Å². The van der Waals surface area contributed by atoms with Crippen LogP contribution in [-0.2, 0) is 5.41 Å². The van der Waals surface area contributed by atoms with Crippen molar-refractivity contribution in [2.75, 3.05) is 0 Å². The SMILES string of the molecule is CC1(C)c2ccccc2-c2ccc(C3=CC(n4c5c(c6cc7ccccc7cc64)C=CC4Oc6ccccc6OC54)=CCC3)cc21. The maximum Gasteiger partial charge on any atom is 0.180 e. The zero-order valence-electron chi connectivity index (χ0n) is 26.0. The first kappa shape index (κ1) is 26.0. The smallest absolute Gasteiger partial charge is 0.180 e. The molecule has 2 unspecified atom stereocenters. The minimum atomic E-state index is -0.260. The van der Waals surface area contributed by atoms with Gasteiger partial charge in [0.1, 0.15) is 0 Å². The van der Waals surface area contributed by atoms with Gasteiger partial charge < -0.3 is 14.0 Å². The van der Waals surface area contributed by atoms with Gasteiger partial charge in [-0.2, -0.15) is 0 Å². The number of aromatic nitrogens is 1. The summed E-state index contributed by atoms with van der Waals surface area (Å²) in [5, 5.41) is 3.72. The monoisotopic (exact) mass is 595 g/mol. The maximum absolute atomic E-state index is 6.79. The summed E-state index contributed by atoms with van der Waals surface area (Å²) in [5.74, 6) is 1.59. The molecule has 2 atom stereocenters. The van der Waals surface area contributed by atoms with Crippen molar-refractivity contribution in [1.29, 1.82) is 0 Å². The molecule has 3 heteroatoms. The second kappa shape index (κ2) is 9.37. The lowest BCUT2D eigenvalue weighted by Crippen LogP contribution is -2.35. The number of para-hydroxylation sites is 2. The van der Waals surface area contributed by atoms with Crippen molar-refractivity contribution in [3.8, 4) is 22.6 Å². The molecular weight excluding hydrogens is 562 g/mol. The number of nitrogens with zero attached hydrogens (tertiary/aromatic N) is 1. The average molecular weight is 596 g/mol. The van der Waals surface area contributed by atoms with Crippen molar-refractivity contribution in [1.82, 2.24) is 4.57 Å². The molecule has 46 heavy (non-hydrogen) atoms.